The minimum absolute atomic E-state index is 0.0840. The Hall–Kier alpha value is -4.20. The molecule has 1 aromatic heterocycles. The molecule has 0 bridgehead atoms. The Balaban J connectivity index is 1.83. The molecule has 0 spiro atoms. The van der Waals surface area contributed by atoms with E-state index in [1.807, 2.05) is 87.5 Å². The van der Waals surface area contributed by atoms with Gasteiger partial charge in [0.05, 0.1) is 12.6 Å². The molecule has 0 radical (unpaired) electrons. The summed E-state index contributed by atoms with van der Waals surface area (Å²) < 4.78 is 7.00. The van der Waals surface area contributed by atoms with Crippen LogP contribution in [0.5, 0.6) is 5.75 Å². The Morgan fingerprint density at radius 3 is 2.43 bits per heavy atom. The number of nitrogens with zero attached hydrogens (tertiary/aromatic N) is 4. The molecule has 0 aliphatic carbocycles. The number of aromatic nitrogens is 3. The minimum atomic E-state index is -0.941. The van der Waals surface area contributed by atoms with E-state index in [1.165, 1.54) is 0 Å². The first-order valence-electron chi connectivity index (χ1n) is 12.4. The van der Waals surface area contributed by atoms with Gasteiger partial charge in [0.1, 0.15) is 23.9 Å². The van der Waals surface area contributed by atoms with Crippen molar-refractivity contribution in [1.29, 1.82) is 0 Å². The summed E-state index contributed by atoms with van der Waals surface area (Å²) in [6.45, 7) is 7.73. The highest BCUT2D eigenvalue weighted by molar-refractivity contribution is 6.01. The standard InChI is InChI=1S/C29H33N5O3/c1-6-20-14-16-22(17-15-20)34(26(35)19-33-25-13-8-7-12-24(25)31-32-33)27(28(36)30-29(2,3)4)21-10-9-11-23(18-21)37-5/h7-18,27H,6,19H2,1-5H3,(H,30,36). The van der Waals surface area contributed by atoms with Gasteiger partial charge in [0.25, 0.3) is 0 Å². The number of carbonyl (C=O) groups excluding carboxylic acids is 2. The fourth-order valence-electron chi connectivity index (χ4n) is 4.23. The summed E-state index contributed by atoms with van der Waals surface area (Å²) in [5, 5.41) is 11.4. The van der Waals surface area contributed by atoms with Crippen LogP contribution >= 0.6 is 0 Å². The van der Waals surface area contributed by atoms with Crippen molar-refractivity contribution in [3.05, 3.63) is 83.9 Å². The molecule has 3 aromatic carbocycles. The van der Waals surface area contributed by atoms with Crippen molar-refractivity contribution in [2.75, 3.05) is 12.0 Å². The molecule has 8 heteroatoms. The van der Waals surface area contributed by atoms with E-state index in [9.17, 15) is 9.59 Å². The monoisotopic (exact) mass is 499 g/mol. The smallest absolute Gasteiger partial charge is 0.249 e. The van der Waals surface area contributed by atoms with Crippen molar-refractivity contribution >= 4 is 28.5 Å². The van der Waals surface area contributed by atoms with Gasteiger partial charge >= 0.3 is 0 Å². The zero-order valence-electron chi connectivity index (χ0n) is 21.9. The Morgan fingerprint density at radius 1 is 1.03 bits per heavy atom. The number of carbonyl (C=O) groups is 2. The molecular formula is C29H33N5O3. The molecule has 1 atom stereocenters. The third-order valence-electron chi connectivity index (χ3n) is 6.01. The molecule has 0 saturated carbocycles. The van der Waals surface area contributed by atoms with E-state index in [2.05, 4.69) is 22.6 Å². The van der Waals surface area contributed by atoms with E-state index in [4.69, 9.17) is 4.74 Å². The fraction of sp³-hybridized carbons (Fsp3) is 0.310. The lowest BCUT2D eigenvalue weighted by molar-refractivity contribution is -0.128. The number of ether oxygens (including phenoxy) is 1. The molecule has 0 saturated heterocycles. The fourth-order valence-corrected chi connectivity index (χ4v) is 4.23. The number of hydrogen-bond acceptors (Lipinski definition) is 5. The predicted octanol–water partition coefficient (Wildman–Crippen LogP) is 4.69. The minimum Gasteiger partial charge on any atom is -0.497 e. The first-order valence-corrected chi connectivity index (χ1v) is 12.4. The van der Waals surface area contributed by atoms with Crippen LogP contribution in [0.15, 0.2) is 72.8 Å². The number of anilines is 1. The van der Waals surface area contributed by atoms with Crippen molar-refractivity contribution in [2.45, 2.75) is 52.2 Å². The van der Waals surface area contributed by atoms with Crippen LogP contribution in [-0.2, 0) is 22.6 Å². The number of benzene rings is 3. The summed E-state index contributed by atoms with van der Waals surface area (Å²) in [4.78, 5) is 29.5. The second-order valence-corrected chi connectivity index (χ2v) is 9.94. The Kier molecular flexibility index (Phi) is 7.57. The highest BCUT2D eigenvalue weighted by Gasteiger charge is 2.35. The quantitative estimate of drug-likeness (QED) is 0.380. The highest BCUT2D eigenvalue weighted by atomic mass is 16.5. The Labute approximate surface area is 217 Å². The highest BCUT2D eigenvalue weighted by Crippen LogP contribution is 2.31. The molecule has 1 unspecified atom stereocenters. The van der Waals surface area contributed by atoms with Crippen LogP contribution in [0.2, 0.25) is 0 Å². The first-order chi connectivity index (χ1) is 17.7. The first kappa shape index (κ1) is 25.9. The van der Waals surface area contributed by atoms with Gasteiger partial charge in [-0.1, -0.05) is 48.5 Å². The number of para-hydroxylation sites is 1. The topological polar surface area (TPSA) is 89.4 Å². The number of hydrogen-bond donors (Lipinski definition) is 1. The van der Waals surface area contributed by atoms with Gasteiger partial charge in [0.15, 0.2) is 0 Å². The van der Waals surface area contributed by atoms with Gasteiger partial charge in [0.2, 0.25) is 11.8 Å². The molecule has 4 aromatic rings. The van der Waals surface area contributed by atoms with Crippen LogP contribution in [-0.4, -0.2) is 39.5 Å². The molecule has 0 aliphatic rings. The lowest BCUT2D eigenvalue weighted by Crippen LogP contribution is -2.50. The maximum atomic E-state index is 14.1. The molecule has 0 aliphatic heterocycles. The van der Waals surface area contributed by atoms with Crippen LogP contribution in [0.3, 0.4) is 0 Å². The van der Waals surface area contributed by atoms with Gasteiger partial charge in [-0.15, -0.1) is 5.10 Å². The third-order valence-corrected chi connectivity index (χ3v) is 6.01. The molecule has 0 fully saturated rings. The van der Waals surface area contributed by atoms with Crippen LogP contribution < -0.4 is 15.0 Å². The predicted molar refractivity (Wildman–Crippen MR) is 144 cm³/mol. The second-order valence-electron chi connectivity index (χ2n) is 9.94. The third kappa shape index (κ3) is 5.97. The zero-order valence-corrected chi connectivity index (χ0v) is 21.9. The van der Waals surface area contributed by atoms with Crippen LogP contribution in [0.1, 0.15) is 44.9 Å². The summed E-state index contributed by atoms with van der Waals surface area (Å²) in [7, 11) is 1.57. The Bertz CT molecular complexity index is 1390. The number of rotatable bonds is 8. The summed E-state index contributed by atoms with van der Waals surface area (Å²) in [5.74, 6) is 0.0101. The maximum absolute atomic E-state index is 14.1. The van der Waals surface area contributed by atoms with Crippen molar-refractivity contribution in [1.82, 2.24) is 20.3 Å². The van der Waals surface area contributed by atoms with E-state index in [1.54, 1.807) is 22.8 Å². The molecule has 8 nitrogen and oxygen atoms in total. The van der Waals surface area contributed by atoms with Gasteiger partial charge in [-0.25, -0.2) is 4.68 Å². The van der Waals surface area contributed by atoms with Gasteiger partial charge in [-0.2, -0.15) is 0 Å². The molecule has 1 heterocycles. The molecule has 4 rings (SSSR count). The van der Waals surface area contributed by atoms with Gasteiger partial charge in [-0.05, 0) is 74.7 Å². The van der Waals surface area contributed by atoms with Gasteiger partial charge in [0, 0.05) is 11.2 Å². The van der Waals surface area contributed by atoms with E-state index in [-0.39, 0.29) is 18.4 Å². The van der Waals surface area contributed by atoms with E-state index < -0.39 is 11.6 Å². The largest absolute Gasteiger partial charge is 0.497 e. The van der Waals surface area contributed by atoms with Gasteiger partial charge < -0.3 is 10.1 Å². The van der Waals surface area contributed by atoms with Gasteiger partial charge in [-0.3, -0.25) is 14.5 Å². The molecular weight excluding hydrogens is 466 g/mol. The van der Waals surface area contributed by atoms with Crippen molar-refractivity contribution in [3.63, 3.8) is 0 Å². The lowest BCUT2D eigenvalue weighted by Gasteiger charge is -2.34. The molecule has 37 heavy (non-hydrogen) atoms. The summed E-state index contributed by atoms with van der Waals surface area (Å²) in [6, 6.07) is 21.5. The molecule has 2 amide bonds. The average Bonchev–Trinajstić information content (AvgIpc) is 3.28. The Morgan fingerprint density at radius 2 is 1.76 bits per heavy atom. The zero-order chi connectivity index (χ0) is 26.6. The summed E-state index contributed by atoms with van der Waals surface area (Å²) in [5.41, 5.74) is 3.33. The number of nitrogens with one attached hydrogen (secondary N) is 1. The second kappa shape index (κ2) is 10.8. The van der Waals surface area contributed by atoms with E-state index in [0.29, 0.717) is 22.5 Å². The summed E-state index contributed by atoms with van der Waals surface area (Å²) in [6.07, 6.45) is 0.864. The number of aryl methyl sites for hydroxylation is 1. The molecule has 192 valence electrons. The van der Waals surface area contributed by atoms with Crippen LogP contribution in [0, 0.1) is 0 Å². The number of amides is 2. The normalized spacial score (nSPS) is 12.2. The maximum Gasteiger partial charge on any atom is 0.249 e. The van der Waals surface area contributed by atoms with Crippen LogP contribution in [0.4, 0.5) is 5.69 Å². The SMILES string of the molecule is CCc1ccc(N(C(=O)Cn2nnc3ccccc32)C(C(=O)NC(C)(C)C)c2cccc(OC)c2)cc1. The van der Waals surface area contributed by atoms with E-state index >= 15 is 0 Å². The number of fused-ring (bicyclic) bond motifs is 1. The van der Waals surface area contributed by atoms with Crippen LogP contribution in [0.25, 0.3) is 11.0 Å². The molecule has 1 N–H and O–H groups in total. The van der Waals surface area contributed by atoms with Crippen molar-refractivity contribution in [2.24, 2.45) is 0 Å². The lowest BCUT2D eigenvalue weighted by atomic mass is 10.00. The number of methoxy groups -OCH3 is 1. The average molecular weight is 500 g/mol. The van der Waals surface area contributed by atoms with E-state index in [0.717, 1.165) is 17.5 Å². The van der Waals surface area contributed by atoms with Crippen molar-refractivity contribution in [3.8, 4) is 5.75 Å². The van der Waals surface area contributed by atoms with Crippen molar-refractivity contribution < 1.29 is 14.3 Å². The summed E-state index contributed by atoms with van der Waals surface area (Å²) >= 11 is 0.